The fraction of sp³-hybridized carbons (Fsp3) is 0.381. The molecule has 0 bridgehead atoms. The fourth-order valence-electron chi connectivity index (χ4n) is 3.34. The van der Waals surface area contributed by atoms with Crippen LogP contribution in [0.15, 0.2) is 46.4 Å². The van der Waals surface area contributed by atoms with Crippen molar-refractivity contribution in [2.24, 2.45) is 5.10 Å². The van der Waals surface area contributed by atoms with E-state index in [9.17, 15) is 18.5 Å². The topological polar surface area (TPSA) is 133 Å². The molecule has 1 fully saturated rings. The van der Waals surface area contributed by atoms with Gasteiger partial charge in [-0.15, -0.1) is 0 Å². The number of morpholine rings is 1. The Bertz CT molecular complexity index is 1150. The minimum atomic E-state index is -3.87. The first-order chi connectivity index (χ1) is 15.8. The lowest BCUT2D eigenvalue weighted by atomic mass is 10.1. The van der Waals surface area contributed by atoms with E-state index >= 15 is 0 Å². The highest BCUT2D eigenvalue weighted by molar-refractivity contribution is 7.89. The molecule has 0 atom stereocenters. The number of rotatable bonds is 9. The Labute approximate surface area is 192 Å². The standard InChI is InChI=1S/C21H26N4O7S/c1-4-17(15-5-8-20(30-2)21(13-15)31-3)22-23-18-7-6-16(14-19(18)25(26)27)33(28,29)24-9-11-32-12-10-24/h5-8,13-14,23H,4,9-12H2,1-3H3/b22-17+. The normalized spacial score (nSPS) is 15.2. The number of sulfonamides is 1. The number of nitro groups is 1. The van der Waals surface area contributed by atoms with Crippen molar-refractivity contribution in [2.75, 3.05) is 45.9 Å². The molecule has 0 aliphatic carbocycles. The van der Waals surface area contributed by atoms with Crippen LogP contribution in [0, 0.1) is 10.1 Å². The lowest BCUT2D eigenvalue weighted by Gasteiger charge is -2.26. The van der Waals surface area contributed by atoms with Crippen LogP contribution < -0.4 is 14.9 Å². The zero-order valence-corrected chi connectivity index (χ0v) is 19.4. The molecule has 1 aliphatic rings. The average Bonchev–Trinajstić information content (AvgIpc) is 2.84. The molecule has 0 amide bonds. The highest BCUT2D eigenvalue weighted by Gasteiger charge is 2.29. The van der Waals surface area contributed by atoms with E-state index in [1.165, 1.54) is 30.7 Å². The van der Waals surface area contributed by atoms with Gasteiger partial charge in [-0.25, -0.2) is 8.42 Å². The van der Waals surface area contributed by atoms with Crippen LogP contribution in [0.4, 0.5) is 11.4 Å². The Morgan fingerprint density at radius 2 is 1.85 bits per heavy atom. The lowest BCUT2D eigenvalue weighted by Crippen LogP contribution is -2.40. The number of anilines is 1. The zero-order valence-electron chi connectivity index (χ0n) is 18.6. The summed E-state index contributed by atoms with van der Waals surface area (Å²) >= 11 is 0. The first kappa shape index (κ1) is 24.4. The second-order valence-electron chi connectivity index (χ2n) is 7.05. The second kappa shape index (κ2) is 10.6. The molecule has 33 heavy (non-hydrogen) atoms. The fourth-order valence-corrected chi connectivity index (χ4v) is 4.77. The monoisotopic (exact) mass is 478 g/mol. The Morgan fingerprint density at radius 1 is 1.15 bits per heavy atom. The maximum atomic E-state index is 12.9. The molecule has 0 spiro atoms. The van der Waals surface area contributed by atoms with Gasteiger partial charge in [-0.05, 0) is 36.8 Å². The maximum absolute atomic E-state index is 12.9. The summed E-state index contributed by atoms with van der Waals surface area (Å²) < 4.78 is 42.7. The molecule has 2 aromatic rings. The highest BCUT2D eigenvalue weighted by Crippen LogP contribution is 2.31. The van der Waals surface area contributed by atoms with E-state index in [2.05, 4.69) is 10.5 Å². The van der Waals surface area contributed by atoms with Gasteiger partial charge in [0.25, 0.3) is 5.69 Å². The molecule has 1 saturated heterocycles. The van der Waals surface area contributed by atoms with Gasteiger partial charge in [0.1, 0.15) is 5.69 Å². The first-order valence-corrected chi connectivity index (χ1v) is 11.7. The van der Waals surface area contributed by atoms with E-state index in [0.717, 1.165) is 11.6 Å². The summed E-state index contributed by atoms with van der Waals surface area (Å²) in [7, 11) is -0.805. The highest BCUT2D eigenvalue weighted by atomic mass is 32.2. The van der Waals surface area contributed by atoms with Crippen molar-refractivity contribution in [2.45, 2.75) is 18.2 Å². The minimum absolute atomic E-state index is 0.0763. The van der Waals surface area contributed by atoms with Gasteiger partial charge in [0, 0.05) is 24.7 Å². The van der Waals surface area contributed by atoms with Crippen molar-refractivity contribution in [3.8, 4) is 11.5 Å². The van der Waals surface area contributed by atoms with Crippen molar-refractivity contribution in [1.82, 2.24) is 4.31 Å². The number of hydrogen-bond acceptors (Lipinski definition) is 9. The number of nitrogens with zero attached hydrogens (tertiary/aromatic N) is 3. The number of benzene rings is 2. The van der Waals surface area contributed by atoms with Crippen molar-refractivity contribution in [3.63, 3.8) is 0 Å². The van der Waals surface area contributed by atoms with Crippen molar-refractivity contribution < 1.29 is 27.6 Å². The maximum Gasteiger partial charge on any atom is 0.295 e. The van der Waals surface area contributed by atoms with Gasteiger partial charge in [-0.1, -0.05) is 6.92 Å². The molecule has 0 unspecified atom stereocenters. The summed E-state index contributed by atoms with van der Waals surface area (Å²) in [6, 6.07) is 9.03. The van der Waals surface area contributed by atoms with Crippen LogP contribution in [0.2, 0.25) is 0 Å². The van der Waals surface area contributed by atoms with Crippen LogP contribution in [0.5, 0.6) is 11.5 Å². The van der Waals surface area contributed by atoms with Gasteiger partial charge >= 0.3 is 0 Å². The van der Waals surface area contributed by atoms with Crippen LogP contribution in [0.25, 0.3) is 0 Å². The molecule has 1 N–H and O–H groups in total. The molecular formula is C21H26N4O7S. The molecule has 0 saturated carbocycles. The molecule has 11 nitrogen and oxygen atoms in total. The van der Waals surface area contributed by atoms with Gasteiger partial charge in [0.2, 0.25) is 10.0 Å². The third kappa shape index (κ3) is 5.41. The molecule has 1 aliphatic heterocycles. The largest absolute Gasteiger partial charge is 0.493 e. The van der Waals surface area contributed by atoms with E-state index in [-0.39, 0.29) is 36.9 Å². The van der Waals surface area contributed by atoms with Crippen molar-refractivity contribution in [3.05, 3.63) is 52.1 Å². The van der Waals surface area contributed by atoms with E-state index in [4.69, 9.17) is 14.2 Å². The lowest BCUT2D eigenvalue weighted by molar-refractivity contribution is -0.384. The van der Waals surface area contributed by atoms with E-state index in [0.29, 0.717) is 23.6 Å². The Kier molecular flexibility index (Phi) is 7.84. The Morgan fingerprint density at radius 3 is 2.45 bits per heavy atom. The van der Waals surface area contributed by atoms with E-state index in [1.54, 1.807) is 18.2 Å². The molecule has 3 rings (SSSR count). The number of hydrazone groups is 1. The van der Waals surface area contributed by atoms with Crippen LogP contribution >= 0.6 is 0 Å². The molecule has 0 aromatic heterocycles. The van der Waals surface area contributed by atoms with Crippen LogP contribution in [-0.4, -0.2) is 63.9 Å². The SMILES string of the molecule is CC/C(=N\Nc1ccc(S(=O)(=O)N2CCOCC2)cc1[N+](=O)[O-])c1ccc(OC)c(OC)c1. The smallest absolute Gasteiger partial charge is 0.295 e. The van der Waals surface area contributed by atoms with Crippen LogP contribution in [-0.2, 0) is 14.8 Å². The summed E-state index contributed by atoms with van der Waals surface area (Å²) in [6.07, 6.45) is 0.528. The number of methoxy groups -OCH3 is 2. The van der Waals surface area contributed by atoms with Gasteiger partial charge < -0.3 is 14.2 Å². The van der Waals surface area contributed by atoms with Crippen LogP contribution in [0.3, 0.4) is 0 Å². The Hall–Kier alpha value is -3.22. The van der Waals surface area contributed by atoms with Gasteiger partial charge in [0.15, 0.2) is 11.5 Å². The average molecular weight is 479 g/mol. The summed E-state index contributed by atoms with van der Waals surface area (Å²) in [5.41, 5.74) is 3.77. The molecule has 0 radical (unpaired) electrons. The predicted molar refractivity (Wildman–Crippen MR) is 123 cm³/mol. The number of nitro benzene ring substituents is 1. The van der Waals surface area contributed by atoms with Gasteiger partial charge in [0.05, 0.1) is 43.0 Å². The first-order valence-electron chi connectivity index (χ1n) is 10.2. The molecule has 1 heterocycles. The number of nitrogens with one attached hydrogen (secondary N) is 1. The summed E-state index contributed by atoms with van der Waals surface area (Å²) in [5, 5.41) is 16.0. The van der Waals surface area contributed by atoms with Crippen molar-refractivity contribution in [1.29, 1.82) is 0 Å². The molecule has 12 heteroatoms. The van der Waals surface area contributed by atoms with E-state index < -0.39 is 20.6 Å². The van der Waals surface area contributed by atoms with Crippen molar-refractivity contribution >= 4 is 27.1 Å². The summed E-state index contributed by atoms with van der Waals surface area (Å²) in [6.45, 7) is 2.86. The van der Waals surface area contributed by atoms with Crippen LogP contribution in [0.1, 0.15) is 18.9 Å². The van der Waals surface area contributed by atoms with E-state index in [1.807, 2.05) is 6.92 Å². The van der Waals surface area contributed by atoms with Gasteiger partial charge in [-0.3, -0.25) is 15.5 Å². The number of ether oxygens (including phenoxy) is 3. The predicted octanol–water partition coefficient (Wildman–Crippen LogP) is 2.86. The summed E-state index contributed by atoms with van der Waals surface area (Å²) in [5.74, 6) is 1.09. The quantitative estimate of drug-likeness (QED) is 0.330. The minimum Gasteiger partial charge on any atom is -0.493 e. The molecular weight excluding hydrogens is 452 g/mol. The molecule has 178 valence electrons. The zero-order chi connectivity index (χ0) is 24.0. The number of hydrogen-bond donors (Lipinski definition) is 1. The third-order valence-electron chi connectivity index (χ3n) is 5.14. The van der Waals surface area contributed by atoms with Gasteiger partial charge in [-0.2, -0.15) is 9.41 Å². The second-order valence-corrected chi connectivity index (χ2v) is 8.98. The molecule has 2 aromatic carbocycles. The third-order valence-corrected chi connectivity index (χ3v) is 7.03. The Balaban J connectivity index is 1.91. The summed E-state index contributed by atoms with van der Waals surface area (Å²) in [4.78, 5) is 10.9.